The molecule has 1 atom stereocenters. The van der Waals surface area contributed by atoms with Gasteiger partial charge in [-0.1, -0.05) is 27.7 Å². The molecule has 0 saturated carbocycles. The van der Waals surface area contributed by atoms with E-state index < -0.39 is 0 Å². The summed E-state index contributed by atoms with van der Waals surface area (Å²) in [6.45, 7) is 13.8. The highest BCUT2D eigenvalue weighted by molar-refractivity contribution is 4.73. The van der Waals surface area contributed by atoms with Gasteiger partial charge in [0.25, 0.3) is 0 Å². The van der Waals surface area contributed by atoms with Gasteiger partial charge in [-0.15, -0.1) is 0 Å². The summed E-state index contributed by atoms with van der Waals surface area (Å²) >= 11 is 0. The second-order valence-electron chi connectivity index (χ2n) is 5.75. The lowest BCUT2D eigenvalue weighted by molar-refractivity contribution is 0.132. The molecule has 2 N–H and O–H groups in total. The molecule has 0 rings (SSSR count). The lowest BCUT2D eigenvalue weighted by Gasteiger charge is -2.30. The summed E-state index contributed by atoms with van der Waals surface area (Å²) in [4.78, 5) is 2.42. The molecule has 1 unspecified atom stereocenters. The first-order valence-electron chi connectivity index (χ1n) is 6.34. The van der Waals surface area contributed by atoms with Crippen molar-refractivity contribution < 1.29 is 4.74 Å². The number of nitrogens with two attached hydrogens (primary N) is 1. The summed E-state index contributed by atoms with van der Waals surface area (Å²) in [6.07, 6.45) is 1.19. The Morgan fingerprint density at radius 2 is 1.94 bits per heavy atom. The molecule has 0 amide bonds. The summed E-state index contributed by atoms with van der Waals surface area (Å²) in [6, 6.07) is 0. The van der Waals surface area contributed by atoms with Crippen molar-refractivity contribution in [2.75, 3.05) is 39.9 Å². The predicted octanol–water partition coefficient (Wildman–Crippen LogP) is 1.97. The monoisotopic (exact) mass is 230 g/mol. The van der Waals surface area contributed by atoms with Crippen LogP contribution < -0.4 is 5.73 Å². The Balaban J connectivity index is 4.06. The highest BCUT2D eigenvalue weighted by Gasteiger charge is 2.19. The highest BCUT2D eigenvalue weighted by atomic mass is 16.5. The van der Waals surface area contributed by atoms with Crippen LogP contribution in [0.3, 0.4) is 0 Å². The van der Waals surface area contributed by atoms with E-state index in [9.17, 15) is 0 Å². The summed E-state index contributed by atoms with van der Waals surface area (Å²) < 4.78 is 5.12. The minimum absolute atomic E-state index is 0.366. The number of ether oxygens (including phenoxy) is 1. The summed E-state index contributed by atoms with van der Waals surface area (Å²) in [7, 11) is 1.75. The van der Waals surface area contributed by atoms with E-state index in [1.807, 2.05) is 0 Å². The van der Waals surface area contributed by atoms with Crippen LogP contribution in [0.15, 0.2) is 0 Å². The van der Waals surface area contributed by atoms with Gasteiger partial charge < -0.3 is 15.4 Å². The van der Waals surface area contributed by atoms with Gasteiger partial charge in [0.2, 0.25) is 0 Å². The van der Waals surface area contributed by atoms with Gasteiger partial charge in [0.05, 0.1) is 6.61 Å². The van der Waals surface area contributed by atoms with Crippen LogP contribution in [0, 0.1) is 11.3 Å². The fraction of sp³-hybridized carbons (Fsp3) is 1.00. The molecule has 0 spiro atoms. The Hall–Kier alpha value is -0.120. The van der Waals surface area contributed by atoms with Crippen LogP contribution in [-0.4, -0.2) is 44.8 Å². The minimum Gasteiger partial charge on any atom is -0.383 e. The number of rotatable bonds is 8. The number of hydrogen-bond acceptors (Lipinski definition) is 3. The molecule has 3 nitrogen and oxygen atoms in total. The van der Waals surface area contributed by atoms with Crippen molar-refractivity contribution in [2.45, 2.75) is 34.1 Å². The maximum atomic E-state index is 5.85. The fourth-order valence-corrected chi connectivity index (χ4v) is 2.05. The zero-order valence-electron chi connectivity index (χ0n) is 11.8. The summed E-state index contributed by atoms with van der Waals surface area (Å²) in [5, 5.41) is 0. The molecule has 0 aromatic heterocycles. The Morgan fingerprint density at radius 3 is 2.31 bits per heavy atom. The van der Waals surface area contributed by atoms with Crippen molar-refractivity contribution in [3.05, 3.63) is 0 Å². The maximum absolute atomic E-state index is 5.85. The largest absolute Gasteiger partial charge is 0.383 e. The Bertz CT molecular complexity index is 166. The van der Waals surface area contributed by atoms with Crippen molar-refractivity contribution in [3.8, 4) is 0 Å². The van der Waals surface area contributed by atoms with E-state index in [0.717, 1.165) is 32.8 Å². The Labute approximate surface area is 101 Å². The van der Waals surface area contributed by atoms with Crippen LogP contribution in [0.25, 0.3) is 0 Å². The summed E-state index contributed by atoms with van der Waals surface area (Å²) in [5.74, 6) is 0.594. The lowest BCUT2D eigenvalue weighted by Crippen LogP contribution is -2.36. The van der Waals surface area contributed by atoms with Crippen LogP contribution in [0.4, 0.5) is 0 Å². The quantitative estimate of drug-likeness (QED) is 0.693. The molecular weight excluding hydrogens is 200 g/mol. The van der Waals surface area contributed by atoms with E-state index in [2.05, 4.69) is 32.6 Å². The van der Waals surface area contributed by atoms with E-state index >= 15 is 0 Å². The second kappa shape index (κ2) is 8.04. The van der Waals surface area contributed by atoms with E-state index in [0.29, 0.717) is 11.3 Å². The zero-order chi connectivity index (χ0) is 12.6. The molecule has 0 aromatic rings. The minimum atomic E-state index is 0.366. The van der Waals surface area contributed by atoms with Gasteiger partial charge in [-0.05, 0) is 30.8 Å². The zero-order valence-corrected chi connectivity index (χ0v) is 11.8. The van der Waals surface area contributed by atoms with Crippen LogP contribution in [0.5, 0.6) is 0 Å². The SMILES string of the molecule is CCN(CCOC)CC(CN)CC(C)(C)C. The smallest absolute Gasteiger partial charge is 0.0589 e. The van der Waals surface area contributed by atoms with Crippen molar-refractivity contribution in [2.24, 2.45) is 17.1 Å². The van der Waals surface area contributed by atoms with Crippen LogP contribution in [-0.2, 0) is 4.74 Å². The lowest BCUT2D eigenvalue weighted by atomic mass is 9.84. The first-order valence-corrected chi connectivity index (χ1v) is 6.34. The van der Waals surface area contributed by atoms with Crippen LogP contribution in [0.2, 0.25) is 0 Å². The van der Waals surface area contributed by atoms with E-state index in [-0.39, 0.29) is 0 Å². The summed E-state index contributed by atoms with van der Waals surface area (Å²) in [5.41, 5.74) is 6.22. The first kappa shape index (κ1) is 15.9. The third-order valence-corrected chi connectivity index (χ3v) is 2.81. The fourth-order valence-electron chi connectivity index (χ4n) is 2.05. The molecule has 0 heterocycles. The van der Waals surface area contributed by atoms with E-state index in [4.69, 9.17) is 10.5 Å². The van der Waals surface area contributed by atoms with Crippen molar-refractivity contribution >= 4 is 0 Å². The standard InChI is InChI=1S/C13H30N2O/c1-6-15(7-8-16-5)11-12(10-14)9-13(2,3)4/h12H,6-11,14H2,1-5H3. The molecule has 0 aliphatic rings. The average Bonchev–Trinajstić information content (AvgIpc) is 2.20. The van der Waals surface area contributed by atoms with Crippen molar-refractivity contribution in [1.82, 2.24) is 4.90 Å². The van der Waals surface area contributed by atoms with Gasteiger partial charge in [0.15, 0.2) is 0 Å². The molecule has 0 radical (unpaired) electrons. The van der Waals surface area contributed by atoms with Gasteiger partial charge in [0.1, 0.15) is 0 Å². The van der Waals surface area contributed by atoms with Crippen molar-refractivity contribution in [1.29, 1.82) is 0 Å². The Morgan fingerprint density at radius 1 is 1.31 bits per heavy atom. The van der Waals surface area contributed by atoms with Crippen LogP contribution in [0.1, 0.15) is 34.1 Å². The molecule has 0 aliphatic carbocycles. The molecule has 0 aromatic carbocycles. The first-order chi connectivity index (χ1) is 7.42. The third kappa shape index (κ3) is 8.08. The van der Waals surface area contributed by atoms with Gasteiger partial charge in [-0.3, -0.25) is 0 Å². The molecule has 0 aliphatic heterocycles. The molecule has 0 bridgehead atoms. The topological polar surface area (TPSA) is 38.5 Å². The highest BCUT2D eigenvalue weighted by Crippen LogP contribution is 2.24. The second-order valence-corrected chi connectivity index (χ2v) is 5.75. The average molecular weight is 230 g/mol. The predicted molar refractivity (Wildman–Crippen MR) is 70.6 cm³/mol. The molecule has 98 valence electrons. The van der Waals surface area contributed by atoms with E-state index in [1.54, 1.807) is 7.11 Å². The third-order valence-electron chi connectivity index (χ3n) is 2.81. The van der Waals surface area contributed by atoms with Gasteiger partial charge in [0, 0.05) is 20.2 Å². The molecule has 0 saturated heterocycles. The molecule has 3 heteroatoms. The van der Waals surface area contributed by atoms with Crippen LogP contribution >= 0.6 is 0 Å². The maximum Gasteiger partial charge on any atom is 0.0589 e. The van der Waals surface area contributed by atoms with Crippen molar-refractivity contribution in [3.63, 3.8) is 0 Å². The molecule has 0 fully saturated rings. The van der Waals surface area contributed by atoms with E-state index in [1.165, 1.54) is 6.42 Å². The van der Waals surface area contributed by atoms with Gasteiger partial charge in [-0.2, -0.15) is 0 Å². The number of methoxy groups -OCH3 is 1. The number of likely N-dealkylation sites (N-methyl/N-ethyl adjacent to an activating group) is 1. The number of hydrogen-bond donors (Lipinski definition) is 1. The molecular formula is C13H30N2O. The number of nitrogens with zero attached hydrogens (tertiary/aromatic N) is 1. The van der Waals surface area contributed by atoms with Gasteiger partial charge in [-0.25, -0.2) is 0 Å². The Kier molecular flexibility index (Phi) is 7.98. The van der Waals surface area contributed by atoms with Gasteiger partial charge >= 0.3 is 0 Å². The molecule has 16 heavy (non-hydrogen) atoms. The normalized spacial score (nSPS) is 14.4.